The van der Waals surface area contributed by atoms with Crippen molar-refractivity contribution in [2.24, 2.45) is 11.7 Å². The highest BCUT2D eigenvalue weighted by atomic mass is 16.5. The number of methoxy groups -OCH3 is 1. The van der Waals surface area contributed by atoms with Gasteiger partial charge in [-0.15, -0.1) is 0 Å². The molecule has 1 fully saturated rings. The predicted molar refractivity (Wildman–Crippen MR) is 101 cm³/mol. The fourth-order valence-corrected chi connectivity index (χ4v) is 3.39. The molecular weight excluding hydrogens is 328 g/mol. The van der Waals surface area contributed by atoms with Crippen LogP contribution in [0.15, 0.2) is 54.6 Å². The number of rotatable bonds is 6. The smallest absolute Gasteiger partial charge is 0.223 e. The highest BCUT2D eigenvalue weighted by Crippen LogP contribution is 2.26. The van der Waals surface area contributed by atoms with Crippen LogP contribution in [0, 0.1) is 5.92 Å². The van der Waals surface area contributed by atoms with Crippen LogP contribution in [0.3, 0.4) is 0 Å². The lowest BCUT2D eigenvalue weighted by Crippen LogP contribution is -2.45. The average Bonchev–Trinajstić information content (AvgIpc) is 2.67. The molecule has 1 aliphatic rings. The Labute approximate surface area is 154 Å². The van der Waals surface area contributed by atoms with Gasteiger partial charge in [0.1, 0.15) is 11.5 Å². The normalized spacial score (nSPS) is 22.6. The Morgan fingerprint density at radius 2 is 1.88 bits per heavy atom. The van der Waals surface area contributed by atoms with Crippen molar-refractivity contribution in [3.63, 3.8) is 0 Å². The van der Waals surface area contributed by atoms with Crippen LogP contribution in [-0.4, -0.2) is 25.2 Å². The van der Waals surface area contributed by atoms with Crippen LogP contribution in [0.2, 0.25) is 0 Å². The molecule has 0 unspecified atom stereocenters. The van der Waals surface area contributed by atoms with Gasteiger partial charge in [0.25, 0.3) is 0 Å². The van der Waals surface area contributed by atoms with E-state index in [9.17, 15) is 4.79 Å². The standard InChI is InChI=1S/C21H26N2O3/c1-25-20-11-10-16(13-19(20)22)21(24)23-14-15-6-5-9-18(12-15)26-17-7-3-2-4-8-17/h2-9,12,16,19-20H,10-11,13-14,22H2,1H3,(H,23,24)/t16-,19+,20+/m0/s1. The molecule has 3 atom stereocenters. The Hall–Kier alpha value is -2.37. The molecule has 1 aliphatic carbocycles. The van der Waals surface area contributed by atoms with Gasteiger partial charge in [-0.3, -0.25) is 4.79 Å². The first-order valence-electron chi connectivity index (χ1n) is 9.03. The van der Waals surface area contributed by atoms with Crippen molar-refractivity contribution in [3.8, 4) is 11.5 Å². The first kappa shape index (κ1) is 18.4. The summed E-state index contributed by atoms with van der Waals surface area (Å²) >= 11 is 0. The van der Waals surface area contributed by atoms with E-state index in [1.807, 2.05) is 54.6 Å². The fourth-order valence-electron chi connectivity index (χ4n) is 3.39. The lowest BCUT2D eigenvalue weighted by molar-refractivity contribution is -0.127. The third-order valence-corrected chi connectivity index (χ3v) is 4.85. The zero-order valence-corrected chi connectivity index (χ0v) is 15.1. The first-order chi connectivity index (χ1) is 12.7. The minimum atomic E-state index is -0.0768. The number of nitrogens with two attached hydrogens (primary N) is 1. The minimum absolute atomic E-state index is 0.0415. The van der Waals surface area contributed by atoms with Crippen LogP contribution in [0.5, 0.6) is 11.5 Å². The number of nitrogens with one attached hydrogen (secondary N) is 1. The second-order valence-corrected chi connectivity index (χ2v) is 6.73. The number of para-hydroxylation sites is 1. The van der Waals surface area contributed by atoms with E-state index in [1.54, 1.807) is 7.11 Å². The van der Waals surface area contributed by atoms with E-state index in [4.69, 9.17) is 15.2 Å². The molecule has 0 bridgehead atoms. The van der Waals surface area contributed by atoms with Gasteiger partial charge in [-0.05, 0) is 49.1 Å². The number of ether oxygens (including phenoxy) is 2. The molecule has 3 rings (SSSR count). The van der Waals surface area contributed by atoms with Crippen molar-refractivity contribution in [3.05, 3.63) is 60.2 Å². The van der Waals surface area contributed by atoms with Crippen LogP contribution in [0.4, 0.5) is 0 Å². The third kappa shape index (κ3) is 4.84. The summed E-state index contributed by atoms with van der Waals surface area (Å²) in [4.78, 5) is 12.4. The van der Waals surface area contributed by atoms with E-state index in [1.165, 1.54) is 0 Å². The van der Waals surface area contributed by atoms with E-state index < -0.39 is 0 Å². The van der Waals surface area contributed by atoms with E-state index >= 15 is 0 Å². The minimum Gasteiger partial charge on any atom is -0.457 e. The lowest BCUT2D eigenvalue weighted by atomic mass is 9.83. The number of carbonyl (C=O) groups excluding carboxylic acids is 1. The summed E-state index contributed by atoms with van der Waals surface area (Å²) in [7, 11) is 1.68. The van der Waals surface area contributed by atoms with Gasteiger partial charge in [-0.25, -0.2) is 0 Å². The summed E-state index contributed by atoms with van der Waals surface area (Å²) < 4.78 is 11.2. The van der Waals surface area contributed by atoms with Gasteiger partial charge in [0.15, 0.2) is 0 Å². The van der Waals surface area contributed by atoms with Crippen molar-refractivity contribution < 1.29 is 14.3 Å². The van der Waals surface area contributed by atoms with Crippen molar-refractivity contribution in [2.75, 3.05) is 7.11 Å². The number of amides is 1. The molecule has 0 spiro atoms. The largest absolute Gasteiger partial charge is 0.457 e. The number of hydrogen-bond donors (Lipinski definition) is 2. The Morgan fingerprint density at radius 1 is 1.12 bits per heavy atom. The van der Waals surface area contributed by atoms with Gasteiger partial charge in [0.2, 0.25) is 5.91 Å². The first-order valence-corrected chi connectivity index (χ1v) is 9.03. The van der Waals surface area contributed by atoms with Crippen molar-refractivity contribution in [1.29, 1.82) is 0 Å². The number of hydrogen-bond acceptors (Lipinski definition) is 4. The topological polar surface area (TPSA) is 73.6 Å². The maximum Gasteiger partial charge on any atom is 0.223 e. The quantitative estimate of drug-likeness (QED) is 0.835. The van der Waals surface area contributed by atoms with Crippen LogP contribution < -0.4 is 15.8 Å². The lowest BCUT2D eigenvalue weighted by Gasteiger charge is -2.32. The molecule has 5 heteroatoms. The fraction of sp³-hybridized carbons (Fsp3) is 0.381. The van der Waals surface area contributed by atoms with Crippen LogP contribution >= 0.6 is 0 Å². The molecule has 26 heavy (non-hydrogen) atoms. The molecule has 0 radical (unpaired) electrons. The maximum atomic E-state index is 12.4. The molecule has 138 valence electrons. The predicted octanol–water partition coefficient (Wildman–Crippen LogP) is 3.24. The van der Waals surface area contributed by atoms with Crippen LogP contribution in [0.25, 0.3) is 0 Å². The molecule has 0 aliphatic heterocycles. The van der Waals surface area contributed by atoms with Gasteiger partial charge >= 0.3 is 0 Å². The van der Waals surface area contributed by atoms with Gasteiger partial charge in [-0.1, -0.05) is 30.3 Å². The molecule has 2 aromatic carbocycles. The number of carbonyl (C=O) groups is 1. The van der Waals surface area contributed by atoms with Crippen molar-refractivity contribution in [1.82, 2.24) is 5.32 Å². The second-order valence-electron chi connectivity index (χ2n) is 6.73. The van der Waals surface area contributed by atoms with Gasteiger partial charge in [0, 0.05) is 25.6 Å². The van der Waals surface area contributed by atoms with Crippen LogP contribution in [-0.2, 0) is 16.1 Å². The summed E-state index contributed by atoms with van der Waals surface area (Å²) in [6.45, 7) is 0.476. The number of benzene rings is 2. The molecule has 3 N–H and O–H groups in total. The molecular formula is C21H26N2O3. The zero-order valence-electron chi connectivity index (χ0n) is 15.1. The Morgan fingerprint density at radius 3 is 2.62 bits per heavy atom. The summed E-state index contributed by atoms with van der Waals surface area (Å²) in [5, 5.41) is 3.02. The van der Waals surface area contributed by atoms with E-state index in [0.717, 1.165) is 29.9 Å². The van der Waals surface area contributed by atoms with Gasteiger partial charge in [-0.2, -0.15) is 0 Å². The van der Waals surface area contributed by atoms with Crippen molar-refractivity contribution >= 4 is 5.91 Å². The monoisotopic (exact) mass is 354 g/mol. The molecule has 1 saturated carbocycles. The van der Waals surface area contributed by atoms with Gasteiger partial charge in [0.05, 0.1) is 6.10 Å². The highest BCUT2D eigenvalue weighted by Gasteiger charge is 2.31. The van der Waals surface area contributed by atoms with Crippen LogP contribution in [0.1, 0.15) is 24.8 Å². The summed E-state index contributed by atoms with van der Waals surface area (Å²) in [5.41, 5.74) is 7.10. The molecule has 1 amide bonds. The zero-order chi connectivity index (χ0) is 18.4. The Bertz CT molecular complexity index is 720. The average molecular weight is 354 g/mol. The van der Waals surface area contributed by atoms with Gasteiger partial charge < -0.3 is 20.5 Å². The Kier molecular flexibility index (Phi) is 6.26. The van der Waals surface area contributed by atoms with E-state index in [0.29, 0.717) is 13.0 Å². The summed E-state index contributed by atoms with van der Waals surface area (Å²) in [6, 6.07) is 17.3. The molecule has 0 heterocycles. The van der Waals surface area contributed by atoms with E-state index in [2.05, 4.69) is 5.32 Å². The molecule has 2 aromatic rings. The second kappa shape index (κ2) is 8.83. The summed E-state index contributed by atoms with van der Waals surface area (Å²) in [6.07, 6.45) is 2.37. The highest BCUT2D eigenvalue weighted by molar-refractivity contribution is 5.78. The molecule has 0 saturated heterocycles. The maximum absolute atomic E-state index is 12.4. The van der Waals surface area contributed by atoms with E-state index in [-0.39, 0.29) is 24.0 Å². The third-order valence-electron chi connectivity index (χ3n) is 4.85. The molecule has 5 nitrogen and oxygen atoms in total. The van der Waals surface area contributed by atoms with Crippen molar-refractivity contribution in [2.45, 2.75) is 38.0 Å². The Balaban J connectivity index is 1.53. The SMILES string of the molecule is CO[C@@H]1CC[C@H](C(=O)NCc2cccc(Oc3ccccc3)c2)C[C@H]1N. The summed E-state index contributed by atoms with van der Waals surface area (Å²) in [5.74, 6) is 1.56. The molecule has 0 aromatic heterocycles.